The van der Waals surface area contributed by atoms with Crippen LogP contribution in [0.25, 0.3) is 0 Å². The van der Waals surface area contributed by atoms with Gasteiger partial charge in [-0.3, -0.25) is 4.98 Å². The summed E-state index contributed by atoms with van der Waals surface area (Å²) < 4.78 is 4.94. The molecule has 0 fully saturated rings. The molecule has 0 saturated heterocycles. The maximum absolute atomic E-state index is 11.6. The molecule has 6 heteroatoms. The van der Waals surface area contributed by atoms with Crippen LogP contribution in [0.1, 0.15) is 10.5 Å². The molecule has 0 atom stereocenters. The first kappa shape index (κ1) is 10.9. The van der Waals surface area contributed by atoms with Gasteiger partial charge in [0.2, 0.25) is 0 Å². The first-order valence-electron chi connectivity index (χ1n) is 4.74. The number of nitrogens with two attached hydrogens (primary N) is 1. The van der Waals surface area contributed by atoms with Crippen LogP contribution in [0.2, 0.25) is 0 Å². The fourth-order valence-electron chi connectivity index (χ4n) is 1.18. The average Bonchev–Trinajstić information content (AvgIpc) is 2.32. The van der Waals surface area contributed by atoms with Crippen LogP contribution in [0.5, 0.6) is 11.5 Å². The van der Waals surface area contributed by atoms with Crippen molar-refractivity contribution in [1.29, 1.82) is 0 Å². The smallest absolute Gasteiger partial charge is 0.364 e. The molecular weight excluding hydrogens is 222 g/mol. The van der Waals surface area contributed by atoms with Crippen molar-refractivity contribution in [3.63, 3.8) is 0 Å². The lowest BCUT2D eigenvalue weighted by atomic mass is 10.3. The highest BCUT2D eigenvalue weighted by atomic mass is 16.5. The highest BCUT2D eigenvalue weighted by Crippen LogP contribution is 2.24. The van der Waals surface area contributed by atoms with Crippen LogP contribution in [-0.2, 0) is 0 Å². The second-order valence-electron chi connectivity index (χ2n) is 3.19. The van der Waals surface area contributed by atoms with Gasteiger partial charge in [-0.05, 0) is 12.1 Å². The lowest BCUT2D eigenvalue weighted by molar-refractivity contribution is 0.0723. The largest absolute Gasteiger partial charge is 0.504 e. The second kappa shape index (κ2) is 4.48. The Kier molecular flexibility index (Phi) is 2.87. The number of rotatable bonds is 2. The summed E-state index contributed by atoms with van der Waals surface area (Å²) in [5.41, 5.74) is 5.37. The number of benzene rings is 1. The summed E-state index contributed by atoms with van der Waals surface area (Å²) in [7, 11) is 0. The molecule has 0 aliphatic heterocycles. The Bertz CT molecular complexity index is 557. The quantitative estimate of drug-likeness (QED) is 0.590. The number of nitrogen functional groups attached to an aromatic ring is 1. The Morgan fingerprint density at radius 1 is 1.29 bits per heavy atom. The molecule has 0 unspecified atom stereocenters. The predicted molar refractivity (Wildman–Crippen MR) is 59.5 cm³/mol. The van der Waals surface area contributed by atoms with Gasteiger partial charge in [-0.2, -0.15) is 0 Å². The SMILES string of the molecule is Nc1cncc(C(=O)Oc2ccccc2O)n1. The van der Waals surface area contributed by atoms with Crippen molar-refractivity contribution in [2.75, 3.05) is 5.73 Å². The van der Waals surface area contributed by atoms with E-state index < -0.39 is 5.97 Å². The van der Waals surface area contributed by atoms with Crippen LogP contribution in [0, 0.1) is 0 Å². The maximum atomic E-state index is 11.6. The predicted octanol–water partition coefficient (Wildman–Crippen LogP) is 0.984. The summed E-state index contributed by atoms with van der Waals surface area (Å²) in [5, 5.41) is 9.42. The molecule has 0 saturated carbocycles. The summed E-state index contributed by atoms with van der Waals surface area (Å²) in [6.07, 6.45) is 2.55. The van der Waals surface area contributed by atoms with Gasteiger partial charge in [0, 0.05) is 0 Å². The Hall–Kier alpha value is -2.63. The molecule has 86 valence electrons. The number of nitrogens with zero attached hydrogens (tertiary/aromatic N) is 2. The van der Waals surface area contributed by atoms with Crippen molar-refractivity contribution < 1.29 is 14.6 Å². The highest BCUT2D eigenvalue weighted by molar-refractivity contribution is 5.89. The minimum Gasteiger partial charge on any atom is -0.504 e. The van der Waals surface area contributed by atoms with E-state index in [1.165, 1.54) is 24.5 Å². The van der Waals surface area contributed by atoms with Crippen molar-refractivity contribution in [2.24, 2.45) is 0 Å². The molecule has 1 aromatic heterocycles. The fourth-order valence-corrected chi connectivity index (χ4v) is 1.18. The van der Waals surface area contributed by atoms with Crippen LogP contribution < -0.4 is 10.5 Å². The van der Waals surface area contributed by atoms with Crippen LogP contribution in [0.15, 0.2) is 36.7 Å². The van der Waals surface area contributed by atoms with Gasteiger partial charge in [0.15, 0.2) is 17.2 Å². The van der Waals surface area contributed by atoms with E-state index in [1.807, 2.05) is 0 Å². The van der Waals surface area contributed by atoms with E-state index >= 15 is 0 Å². The lowest BCUT2D eigenvalue weighted by Gasteiger charge is -2.05. The molecule has 0 bridgehead atoms. The molecule has 17 heavy (non-hydrogen) atoms. The number of carbonyl (C=O) groups is 1. The van der Waals surface area contributed by atoms with E-state index in [-0.39, 0.29) is 23.0 Å². The first-order valence-corrected chi connectivity index (χ1v) is 4.74. The van der Waals surface area contributed by atoms with E-state index in [9.17, 15) is 9.90 Å². The van der Waals surface area contributed by atoms with Crippen molar-refractivity contribution in [3.8, 4) is 11.5 Å². The minimum atomic E-state index is -0.730. The zero-order valence-electron chi connectivity index (χ0n) is 8.70. The number of hydrogen-bond acceptors (Lipinski definition) is 6. The number of anilines is 1. The Balaban J connectivity index is 2.20. The van der Waals surface area contributed by atoms with Crippen LogP contribution >= 0.6 is 0 Å². The van der Waals surface area contributed by atoms with Gasteiger partial charge >= 0.3 is 5.97 Å². The summed E-state index contributed by atoms with van der Waals surface area (Å²) in [6, 6.07) is 6.13. The molecule has 2 aromatic rings. The van der Waals surface area contributed by atoms with E-state index in [0.717, 1.165) is 0 Å². The number of para-hydroxylation sites is 2. The zero-order chi connectivity index (χ0) is 12.3. The number of ether oxygens (including phenoxy) is 1. The number of phenols is 1. The van der Waals surface area contributed by atoms with E-state index in [4.69, 9.17) is 10.5 Å². The topological polar surface area (TPSA) is 98.3 Å². The number of carbonyl (C=O) groups excluding carboxylic acids is 1. The number of aromatic nitrogens is 2. The summed E-state index contributed by atoms with van der Waals surface area (Å²) in [5.74, 6) is -0.678. The molecule has 3 N–H and O–H groups in total. The zero-order valence-corrected chi connectivity index (χ0v) is 8.70. The third-order valence-electron chi connectivity index (χ3n) is 1.93. The Labute approximate surface area is 96.7 Å². The molecule has 2 rings (SSSR count). The first-order chi connectivity index (χ1) is 8.16. The van der Waals surface area contributed by atoms with Crippen molar-refractivity contribution in [2.45, 2.75) is 0 Å². The van der Waals surface area contributed by atoms with Gasteiger partial charge in [0.25, 0.3) is 0 Å². The molecule has 0 spiro atoms. The van der Waals surface area contributed by atoms with Crippen molar-refractivity contribution >= 4 is 11.8 Å². The molecule has 0 aliphatic rings. The standard InChI is InChI=1S/C11H9N3O3/c12-10-6-13-5-7(14-10)11(16)17-9-4-2-1-3-8(9)15/h1-6,15H,(H2,12,14). The summed E-state index contributed by atoms with van der Waals surface area (Å²) >= 11 is 0. The number of aromatic hydroxyl groups is 1. The third kappa shape index (κ3) is 2.49. The average molecular weight is 231 g/mol. The van der Waals surface area contributed by atoms with Crippen LogP contribution in [0.4, 0.5) is 5.82 Å². The van der Waals surface area contributed by atoms with Crippen LogP contribution in [-0.4, -0.2) is 21.0 Å². The fraction of sp³-hybridized carbons (Fsp3) is 0. The van der Waals surface area contributed by atoms with Gasteiger partial charge in [-0.1, -0.05) is 12.1 Å². The Morgan fingerprint density at radius 2 is 2.06 bits per heavy atom. The number of hydrogen-bond donors (Lipinski definition) is 2. The van der Waals surface area contributed by atoms with Crippen LogP contribution in [0.3, 0.4) is 0 Å². The third-order valence-corrected chi connectivity index (χ3v) is 1.93. The summed E-state index contributed by atoms with van der Waals surface area (Å²) in [6.45, 7) is 0. The van der Waals surface area contributed by atoms with E-state index in [0.29, 0.717) is 0 Å². The molecule has 0 aliphatic carbocycles. The monoisotopic (exact) mass is 231 g/mol. The molecule has 0 radical (unpaired) electrons. The molecule has 6 nitrogen and oxygen atoms in total. The second-order valence-corrected chi connectivity index (χ2v) is 3.19. The van der Waals surface area contributed by atoms with Gasteiger partial charge in [-0.25, -0.2) is 9.78 Å². The van der Waals surface area contributed by atoms with Gasteiger partial charge in [0.1, 0.15) is 5.82 Å². The molecule has 0 amide bonds. The normalized spacial score (nSPS) is 9.88. The van der Waals surface area contributed by atoms with Crippen molar-refractivity contribution in [1.82, 2.24) is 9.97 Å². The van der Waals surface area contributed by atoms with Gasteiger partial charge in [0.05, 0.1) is 12.4 Å². The van der Waals surface area contributed by atoms with Gasteiger partial charge < -0.3 is 15.6 Å². The Morgan fingerprint density at radius 3 is 2.76 bits per heavy atom. The van der Waals surface area contributed by atoms with Crippen molar-refractivity contribution in [3.05, 3.63) is 42.4 Å². The van der Waals surface area contributed by atoms with Gasteiger partial charge in [-0.15, -0.1) is 0 Å². The highest BCUT2D eigenvalue weighted by Gasteiger charge is 2.13. The minimum absolute atomic E-state index is 0.0201. The summed E-state index contributed by atoms with van der Waals surface area (Å²) in [4.78, 5) is 19.1. The number of esters is 1. The maximum Gasteiger partial charge on any atom is 0.364 e. The number of phenolic OH excluding ortho intramolecular Hbond substituents is 1. The molecule has 1 heterocycles. The van der Waals surface area contributed by atoms with E-state index in [2.05, 4.69) is 9.97 Å². The van der Waals surface area contributed by atoms with E-state index in [1.54, 1.807) is 12.1 Å². The molecule has 1 aromatic carbocycles. The lowest BCUT2D eigenvalue weighted by Crippen LogP contribution is -2.12. The molecular formula is C11H9N3O3.